The topological polar surface area (TPSA) is 84.9 Å². The van der Waals surface area contributed by atoms with Crippen LogP contribution in [-0.4, -0.2) is 43.3 Å². The van der Waals surface area contributed by atoms with Gasteiger partial charge in [-0.1, -0.05) is 6.07 Å². The van der Waals surface area contributed by atoms with Crippen LogP contribution in [0.2, 0.25) is 0 Å². The summed E-state index contributed by atoms with van der Waals surface area (Å²) in [5.74, 6) is -0.878. The van der Waals surface area contributed by atoms with Gasteiger partial charge in [0.15, 0.2) is 6.10 Å². The van der Waals surface area contributed by atoms with Crippen molar-refractivity contribution in [3.8, 4) is 5.75 Å². The van der Waals surface area contributed by atoms with E-state index in [-0.39, 0.29) is 11.5 Å². The molecule has 6 nitrogen and oxygen atoms in total. The highest BCUT2D eigenvalue weighted by molar-refractivity contribution is 5.88. The Morgan fingerprint density at radius 1 is 1.38 bits per heavy atom. The lowest BCUT2D eigenvalue weighted by molar-refractivity contribution is -0.127. The van der Waals surface area contributed by atoms with Crippen molar-refractivity contribution in [2.45, 2.75) is 26.4 Å². The molecule has 0 saturated heterocycles. The molecule has 0 aliphatic heterocycles. The summed E-state index contributed by atoms with van der Waals surface area (Å²) in [4.78, 5) is 22.8. The van der Waals surface area contributed by atoms with Gasteiger partial charge in [-0.3, -0.25) is 4.79 Å². The van der Waals surface area contributed by atoms with Crippen LogP contribution in [0.25, 0.3) is 0 Å². The van der Waals surface area contributed by atoms with Crippen LogP contribution < -0.4 is 10.1 Å². The summed E-state index contributed by atoms with van der Waals surface area (Å²) >= 11 is 0. The highest BCUT2D eigenvalue weighted by Crippen LogP contribution is 2.21. The Morgan fingerprint density at radius 2 is 2.10 bits per heavy atom. The summed E-state index contributed by atoms with van der Waals surface area (Å²) in [6.07, 6.45) is 0.0259. The number of hydrogen-bond donors (Lipinski definition) is 2. The Hall–Kier alpha value is -2.08. The molecule has 2 N–H and O–H groups in total. The Kier molecular flexibility index (Phi) is 6.68. The minimum Gasteiger partial charge on any atom is -0.481 e. The molecule has 0 radical (unpaired) electrons. The maximum Gasteiger partial charge on any atom is 0.335 e. The van der Waals surface area contributed by atoms with Gasteiger partial charge >= 0.3 is 5.97 Å². The second-order valence-corrected chi connectivity index (χ2v) is 4.68. The van der Waals surface area contributed by atoms with E-state index in [2.05, 4.69) is 5.32 Å². The normalized spacial score (nSPS) is 11.8. The standard InChI is InChI=1S/C15H21NO5/c1-10-5-6-12(15(18)19)9-13(10)21-11(2)14(17)16-7-4-8-20-3/h5-6,9,11H,4,7-8H2,1-3H3,(H,16,17)(H,18,19). The Morgan fingerprint density at radius 3 is 2.71 bits per heavy atom. The van der Waals surface area contributed by atoms with E-state index in [4.69, 9.17) is 14.6 Å². The highest BCUT2D eigenvalue weighted by Gasteiger charge is 2.16. The fraction of sp³-hybridized carbons (Fsp3) is 0.467. The summed E-state index contributed by atoms with van der Waals surface area (Å²) in [5, 5.41) is 11.7. The highest BCUT2D eigenvalue weighted by atomic mass is 16.5. The number of hydrogen-bond acceptors (Lipinski definition) is 4. The van der Waals surface area contributed by atoms with Gasteiger partial charge in [0.2, 0.25) is 0 Å². The molecule has 1 rings (SSSR count). The average molecular weight is 295 g/mol. The Bertz CT molecular complexity index is 501. The van der Waals surface area contributed by atoms with E-state index in [1.807, 2.05) is 0 Å². The van der Waals surface area contributed by atoms with E-state index in [1.54, 1.807) is 27.0 Å². The van der Waals surface area contributed by atoms with Crippen molar-refractivity contribution in [3.63, 3.8) is 0 Å². The minimum absolute atomic E-state index is 0.128. The van der Waals surface area contributed by atoms with Crippen molar-refractivity contribution in [1.29, 1.82) is 0 Å². The summed E-state index contributed by atoms with van der Waals surface area (Å²) in [7, 11) is 1.60. The number of carboxylic acids is 1. The second-order valence-electron chi connectivity index (χ2n) is 4.68. The maximum atomic E-state index is 11.8. The minimum atomic E-state index is -1.03. The molecule has 21 heavy (non-hydrogen) atoms. The van der Waals surface area contributed by atoms with Gasteiger partial charge in [0.25, 0.3) is 5.91 Å². The van der Waals surface area contributed by atoms with E-state index >= 15 is 0 Å². The smallest absolute Gasteiger partial charge is 0.335 e. The van der Waals surface area contributed by atoms with Gasteiger partial charge in [0.1, 0.15) is 5.75 Å². The molecule has 1 aromatic rings. The number of benzene rings is 1. The number of aryl methyl sites for hydroxylation is 1. The number of carbonyl (C=O) groups is 2. The van der Waals surface area contributed by atoms with Crippen molar-refractivity contribution in [2.75, 3.05) is 20.3 Å². The molecule has 0 bridgehead atoms. The van der Waals surface area contributed by atoms with E-state index < -0.39 is 12.1 Å². The Balaban J connectivity index is 2.61. The molecule has 0 heterocycles. The third-order valence-electron chi connectivity index (χ3n) is 2.93. The van der Waals surface area contributed by atoms with Crippen LogP contribution in [0.4, 0.5) is 0 Å². The van der Waals surface area contributed by atoms with Crippen molar-refractivity contribution in [1.82, 2.24) is 5.32 Å². The molecule has 6 heteroatoms. The van der Waals surface area contributed by atoms with Crippen LogP contribution in [0.15, 0.2) is 18.2 Å². The number of nitrogens with one attached hydrogen (secondary N) is 1. The first-order valence-electron chi connectivity index (χ1n) is 6.73. The van der Waals surface area contributed by atoms with Gasteiger partial charge < -0.3 is 19.9 Å². The first-order valence-corrected chi connectivity index (χ1v) is 6.73. The zero-order chi connectivity index (χ0) is 15.8. The molecule has 0 fully saturated rings. The first kappa shape index (κ1) is 17.0. The molecular weight excluding hydrogens is 274 g/mol. The van der Waals surface area contributed by atoms with E-state index in [0.29, 0.717) is 18.9 Å². The number of amides is 1. The van der Waals surface area contributed by atoms with Crippen molar-refractivity contribution >= 4 is 11.9 Å². The van der Waals surface area contributed by atoms with Gasteiger partial charge in [-0.05, 0) is 38.0 Å². The molecule has 1 aromatic carbocycles. The van der Waals surface area contributed by atoms with Crippen molar-refractivity contribution in [3.05, 3.63) is 29.3 Å². The summed E-state index contributed by atoms with van der Waals surface area (Å²) in [5.41, 5.74) is 0.905. The number of rotatable bonds is 8. The summed E-state index contributed by atoms with van der Waals surface area (Å²) < 4.78 is 10.4. The first-order chi connectivity index (χ1) is 9.95. The molecule has 0 aliphatic carbocycles. The SMILES string of the molecule is COCCCNC(=O)C(C)Oc1cc(C(=O)O)ccc1C. The molecule has 0 aliphatic rings. The third-order valence-corrected chi connectivity index (χ3v) is 2.93. The van der Waals surface area contributed by atoms with Gasteiger partial charge in [-0.25, -0.2) is 4.79 Å². The lowest BCUT2D eigenvalue weighted by Crippen LogP contribution is -2.37. The maximum absolute atomic E-state index is 11.8. The molecule has 0 saturated carbocycles. The van der Waals surface area contributed by atoms with Crippen LogP contribution in [0.1, 0.15) is 29.3 Å². The average Bonchev–Trinajstić information content (AvgIpc) is 2.45. The molecule has 0 spiro atoms. The second kappa shape index (κ2) is 8.26. The van der Waals surface area contributed by atoms with E-state index in [0.717, 1.165) is 12.0 Å². The van der Waals surface area contributed by atoms with E-state index in [1.165, 1.54) is 12.1 Å². The monoisotopic (exact) mass is 295 g/mol. The number of aromatic carboxylic acids is 1. The van der Waals surface area contributed by atoms with Gasteiger partial charge in [0.05, 0.1) is 5.56 Å². The largest absolute Gasteiger partial charge is 0.481 e. The molecule has 1 unspecified atom stereocenters. The van der Waals surface area contributed by atoms with Crippen LogP contribution in [-0.2, 0) is 9.53 Å². The lowest BCUT2D eigenvalue weighted by Gasteiger charge is -2.16. The van der Waals surface area contributed by atoms with Crippen LogP contribution in [0.3, 0.4) is 0 Å². The molecule has 1 amide bonds. The molecule has 116 valence electrons. The molecule has 0 aromatic heterocycles. The van der Waals surface area contributed by atoms with Crippen LogP contribution >= 0.6 is 0 Å². The zero-order valence-corrected chi connectivity index (χ0v) is 12.5. The van der Waals surface area contributed by atoms with Gasteiger partial charge in [-0.15, -0.1) is 0 Å². The summed E-state index contributed by atoms with van der Waals surface area (Å²) in [6.45, 7) is 4.51. The lowest BCUT2D eigenvalue weighted by atomic mass is 10.1. The third kappa shape index (κ3) is 5.43. The number of carbonyl (C=O) groups excluding carboxylic acids is 1. The van der Waals surface area contributed by atoms with Crippen LogP contribution in [0, 0.1) is 6.92 Å². The number of ether oxygens (including phenoxy) is 2. The summed E-state index contributed by atoms with van der Waals surface area (Å²) in [6, 6.07) is 4.58. The Labute approximate surface area is 124 Å². The zero-order valence-electron chi connectivity index (χ0n) is 12.5. The molecular formula is C15H21NO5. The van der Waals surface area contributed by atoms with E-state index in [9.17, 15) is 9.59 Å². The number of carboxylic acid groups (broad SMARTS) is 1. The fourth-order valence-electron chi connectivity index (χ4n) is 1.68. The number of methoxy groups -OCH3 is 1. The van der Waals surface area contributed by atoms with Gasteiger partial charge in [0, 0.05) is 20.3 Å². The van der Waals surface area contributed by atoms with Crippen molar-refractivity contribution < 1.29 is 24.2 Å². The van der Waals surface area contributed by atoms with Gasteiger partial charge in [-0.2, -0.15) is 0 Å². The predicted octanol–water partition coefficient (Wildman–Crippen LogP) is 1.61. The quantitative estimate of drug-likeness (QED) is 0.712. The predicted molar refractivity (Wildman–Crippen MR) is 77.7 cm³/mol. The fourth-order valence-corrected chi connectivity index (χ4v) is 1.68. The van der Waals surface area contributed by atoms with Crippen LogP contribution in [0.5, 0.6) is 5.75 Å². The van der Waals surface area contributed by atoms with Crippen molar-refractivity contribution in [2.24, 2.45) is 0 Å². The molecule has 1 atom stereocenters.